The highest BCUT2D eigenvalue weighted by Gasteiger charge is 2.18. The van der Waals surface area contributed by atoms with Crippen molar-refractivity contribution >= 4 is 21.1 Å². The molecule has 0 spiro atoms. The first-order valence-corrected chi connectivity index (χ1v) is 11.1. The summed E-state index contributed by atoms with van der Waals surface area (Å²) in [6.07, 6.45) is 3.11. The summed E-state index contributed by atoms with van der Waals surface area (Å²) < 4.78 is 33.6. The van der Waals surface area contributed by atoms with E-state index >= 15 is 0 Å². The van der Waals surface area contributed by atoms with Crippen molar-refractivity contribution in [3.8, 4) is 11.6 Å². The summed E-state index contributed by atoms with van der Waals surface area (Å²) in [7, 11) is -0.506. The molecule has 8 nitrogen and oxygen atoms in total. The minimum atomic E-state index is -3.51. The van der Waals surface area contributed by atoms with E-state index in [1.807, 2.05) is 32.0 Å². The minimum Gasteiger partial charge on any atom is -0.472 e. The van der Waals surface area contributed by atoms with E-state index in [9.17, 15) is 8.42 Å². The number of aryl methyl sites for hydroxylation is 2. The molecule has 0 bridgehead atoms. The Morgan fingerprint density at radius 2 is 1.77 bits per heavy atom. The van der Waals surface area contributed by atoms with Crippen molar-refractivity contribution in [2.24, 2.45) is 0 Å². The number of ether oxygens (including phenoxy) is 1. The Balaban J connectivity index is 1.63. The highest BCUT2D eigenvalue weighted by atomic mass is 32.2. The van der Waals surface area contributed by atoms with Gasteiger partial charge >= 0.3 is 0 Å². The normalized spacial score (nSPS) is 11.9. The molecule has 31 heavy (non-hydrogen) atoms. The van der Waals surface area contributed by atoms with Gasteiger partial charge in [0.25, 0.3) is 0 Å². The van der Waals surface area contributed by atoms with E-state index < -0.39 is 10.0 Å². The van der Waals surface area contributed by atoms with Gasteiger partial charge in [0.15, 0.2) is 5.65 Å². The van der Waals surface area contributed by atoms with Crippen LogP contribution in [0.4, 0.5) is 0 Å². The molecular formula is C22H23N5O3S. The lowest BCUT2D eigenvalue weighted by atomic mass is 10.1. The number of hydrogen-bond acceptors (Lipinski definition) is 6. The Kier molecular flexibility index (Phi) is 5.47. The second kappa shape index (κ2) is 8.09. The van der Waals surface area contributed by atoms with Crippen LogP contribution in [0.1, 0.15) is 16.7 Å². The molecule has 2 heterocycles. The van der Waals surface area contributed by atoms with Crippen LogP contribution in [0.15, 0.2) is 59.9 Å². The van der Waals surface area contributed by atoms with Gasteiger partial charge in [0.2, 0.25) is 15.9 Å². The number of rotatable bonds is 6. The Morgan fingerprint density at radius 3 is 2.48 bits per heavy atom. The molecule has 0 unspecified atom stereocenters. The molecule has 4 rings (SSSR count). The second-order valence-corrected chi connectivity index (χ2v) is 9.69. The third-order valence-electron chi connectivity index (χ3n) is 4.83. The van der Waals surface area contributed by atoms with Crippen LogP contribution in [-0.2, 0) is 16.6 Å². The van der Waals surface area contributed by atoms with Crippen LogP contribution in [0.2, 0.25) is 0 Å². The van der Waals surface area contributed by atoms with E-state index in [0.717, 1.165) is 22.4 Å². The van der Waals surface area contributed by atoms with Crippen LogP contribution < -0.4 is 4.74 Å². The largest absolute Gasteiger partial charge is 0.472 e. The van der Waals surface area contributed by atoms with Gasteiger partial charge in [-0.25, -0.2) is 27.4 Å². The fraction of sp³-hybridized carbons (Fsp3) is 0.227. The predicted octanol–water partition coefficient (Wildman–Crippen LogP) is 3.26. The zero-order valence-corrected chi connectivity index (χ0v) is 18.6. The van der Waals surface area contributed by atoms with E-state index in [4.69, 9.17) is 4.74 Å². The zero-order valence-electron chi connectivity index (χ0n) is 17.8. The lowest BCUT2D eigenvalue weighted by molar-refractivity contribution is 0.297. The molecule has 0 saturated heterocycles. The Bertz CT molecular complexity index is 1340. The fourth-order valence-corrected chi connectivity index (χ4v) is 4.33. The second-order valence-electron chi connectivity index (χ2n) is 7.54. The van der Waals surface area contributed by atoms with Crippen molar-refractivity contribution in [2.45, 2.75) is 25.3 Å². The third kappa shape index (κ3) is 4.14. The molecule has 160 valence electrons. The number of fused-ring (bicyclic) bond motifs is 1. The van der Waals surface area contributed by atoms with Crippen molar-refractivity contribution in [1.82, 2.24) is 24.1 Å². The molecule has 0 saturated carbocycles. The van der Waals surface area contributed by atoms with Crippen LogP contribution in [0.3, 0.4) is 0 Å². The van der Waals surface area contributed by atoms with Crippen molar-refractivity contribution < 1.29 is 13.2 Å². The SMILES string of the molecule is Cc1cc(C)cc(-n2ncc3c(OCc4cccc(S(=O)(=O)N(C)C)c4)ncnc32)c1. The Hall–Kier alpha value is -3.30. The van der Waals surface area contributed by atoms with E-state index in [-0.39, 0.29) is 11.5 Å². The molecule has 0 aliphatic heterocycles. The van der Waals surface area contributed by atoms with Crippen LogP contribution in [-0.4, -0.2) is 46.6 Å². The van der Waals surface area contributed by atoms with Crippen LogP contribution in [0.5, 0.6) is 5.88 Å². The zero-order chi connectivity index (χ0) is 22.2. The first-order chi connectivity index (χ1) is 14.8. The summed E-state index contributed by atoms with van der Waals surface area (Å²) in [5.74, 6) is 0.390. The quantitative estimate of drug-likeness (QED) is 0.460. The maximum absolute atomic E-state index is 12.4. The molecular weight excluding hydrogens is 414 g/mol. The first-order valence-electron chi connectivity index (χ1n) is 9.67. The molecule has 9 heteroatoms. The summed E-state index contributed by atoms with van der Waals surface area (Å²) >= 11 is 0. The number of nitrogens with zero attached hydrogens (tertiary/aromatic N) is 5. The number of sulfonamides is 1. The third-order valence-corrected chi connectivity index (χ3v) is 6.64. The summed E-state index contributed by atoms with van der Waals surface area (Å²) in [6, 6.07) is 12.9. The highest BCUT2D eigenvalue weighted by molar-refractivity contribution is 7.89. The Labute approximate surface area is 181 Å². The summed E-state index contributed by atoms with van der Waals surface area (Å²) in [5, 5.41) is 5.16. The van der Waals surface area contributed by atoms with E-state index in [1.54, 1.807) is 29.1 Å². The molecule has 2 aromatic heterocycles. The van der Waals surface area contributed by atoms with Crippen LogP contribution in [0.25, 0.3) is 16.7 Å². The van der Waals surface area contributed by atoms with Gasteiger partial charge in [-0.15, -0.1) is 0 Å². The molecule has 0 N–H and O–H groups in total. The lowest BCUT2D eigenvalue weighted by Crippen LogP contribution is -2.22. The molecule has 0 aliphatic carbocycles. The van der Waals surface area contributed by atoms with Gasteiger partial charge in [0.1, 0.15) is 18.3 Å². The van der Waals surface area contributed by atoms with Gasteiger partial charge < -0.3 is 4.74 Å². The van der Waals surface area contributed by atoms with Crippen molar-refractivity contribution in [2.75, 3.05) is 14.1 Å². The summed E-state index contributed by atoms with van der Waals surface area (Å²) in [6.45, 7) is 4.24. The lowest BCUT2D eigenvalue weighted by Gasteiger charge is -2.12. The number of hydrogen-bond donors (Lipinski definition) is 0. The maximum Gasteiger partial charge on any atom is 0.242 e. The van der Waals surface area contributed by atoms with Gasteiger partial charge in [-0.3, -0.25) is 0 Å². The van der Waals surface area contributed by atoms with Crippen molar-refractivity contribution in [3.63, 3.8) is 0 Å². The molecule has 0 radical (unpaired) electrons. The monoisotopic (exact) mass is 437 g/mol. The molecule has 0 atom stereocenters. The standard InChI is InChI=1S/C22H23N5O3S/c1-15-8-16(2)10-18(9-15)27-21-20(12-25-27)22(24-14-23-21)30-13-17-6-5-7-19(11-17)31(28,29)26(3)4/h5-12,14H,13H2,1-4H3. The minimum absolute atomic E-state index is 0.164. The van der Waals surface area contributed by atoms with Crippen molar-refractivity contribution in [1.29, 1.82) is 0 Å². The summed E-state index contributed by atoms with van der Waals surface area (Å²) in [4.78, 5) is 8.85. The molecule has 0 fully saturated rings. The van der Waals surface area contributed by atoms with Gasteiger partial charge in [-0.1, -0.05) is 18.2 Å². The molecule has 4 aromatic rings. The van der Waals surface area contributed by atoms with Gasteiger partial charge in [0.05, 0.1) is 16.8 Å². The average molecular weight is 438 g/mol. The molecule has 2 aromatic carbocycles. The Morgan fingerprint density at radius 1 is 1.03 bits per heavy atom. The predicted molar refractivity (Wildman–Crippen MR) is 118 cm³/mol. The smallest absolute Gasteiger partial charge is 0.242 e. The van der Waals surface area contributed by atoms with Crippen molar-refractivity contribution in [3.05, 3.63) is 71.7 Å². The fourth-order valence-electron chi connectivity index (χ4n) is 3.36. The summed E-state index contributed by atoms with van der Waals surface area (Å²) in [5.41, 5.74) is 4.54. The van der Waals surface area contributed by atoms with E-state index in [2.05, 4.69) is 21.1 Å². The topological polar surface area (TPSA) is 90.2 Å². The van der Waals surface area contributed by atoms with Gasteiger partial charge in [-0.05, 0) is 54.8 Å². The first kappa shape index (κ1) is 21.0. The highest BCUT2D eigenvalue weighted by Crippen LogP contribution is 2.25. The number of benzene rings is 2. The maximum atomic E-state index is 12.4. The molecule has 0 amide bonds. The van der Waals surface area contributed by atoms with E-state index in [0.29, 0.717) is 16.9 Å². The molecule has 0 aliphatic rings. The number of aromatic nitrogens is 4. The van der Waals surface area contributed by atoms with Crippen LogP contribution >= 0.6 is 0 Å². The van der Waals surface area contributed by atoms with Gasteiger partial charge in [0, 0.05) is 14.1 Å². The average Bonchev–Trinajstić information content (AvgIpc) is 3.16. The van der Waals surface area contributed by atoms with Crippen LogP contribution in [0, 0.1) is 13.8 Å². The van der Waals surface area contributed by atoms with Gasteiger partial charge in [-0.2, -0.15) is 5.10 Å². The van der Waals surface area contributed by atoms with E-state index in [1.165, 1.54) is 24.7 Å².